The molecule has 2 aliphatic rings. The molecule has 2 atom stereocenters. The number of hydrogen-bond acceptors (Lipinski definition) is 2. The van der Waals surface area contributed by atoms with Crippen molar-refractivity contribution in [1.82, 2.24) is 4.90 Å². The number of nitrogens with zero attached hydrogens (tertiary/aromatic N) is 1. The van der Waals surface area contributed by atoms with Crippen LogP contribution >= 0.6 is 0 Å². The van der Waals surface area contributed by atoms with Crippen molar-refractivity contribution >= 4 is 17.5 Å². The minimum atomic E-state index is -0.458. The molecule has 1 saturated heterocycles. The first-order valence-corrected chi connectivity index (χ1v) is 10.00. The maximum Gasteiger partial charge on any atom is 0.228 e. The fraction of sp³-hybridized carbons (Fsp3) is 0.391. The van der Waals surface area contributed by atoms with Gasteiger partial charge in [-0.1, -0.05) is 42.5 Å². The van der Waals surface area contributed by atoms with Crippen LogP contribution in [0.25, 0.3) is 0 Å². The Bertz CT molecular complexity index is 847. The van der Waals surface area contributed by atoms with Crippen LogP contribution in [0.15, 0.2) is 54.6 Å². The Labute approximate surface area is 164 Å². The monoisotopic (exact) mass is 380 g/mol. The van der Waals surface area contributed by atoms with E-state index in [1.807, 2.05) is 11.0 Å². The average molecular weight is 380 g/mol. The van der Waals surface area contributed by atoms with Crippen molar-refractivity contribution in [2.24, 2.45) is 17.8 Å². The van der Waals surface area contributed by atoms with E-state index in [1.54, 1.807) is 12.1 Å². The summed E-state index contributed by atoms with van der Waals surface area (Å²) in [4.78, 5) is 27.0. The molecule has 2 unspecified atom stereocenters. The van der Waals surface area contributed by atoms with Gasteiger partial charge in [0.05, 0.1) is 17.5 Å². The molecule has 2 fully saturated rings. The summed E-state index contributed by atoms with van der Waals surface area (Å²) in [5.74, 6) is -0.633. The van der Waals surface area contributed by atoms with Crippen LogP contribution in [0.3, 0.4) is 0 Å². The number of benzene rings is 2. The number of nitrogens with one attached hydrogen (secondary N) is 1. The van der Waals surface area contributed by atoms with E-state index >= 15 is 0 Å². The van der Waals surface area contributed by atoms with Crippen molar-refractivity contribution in [2.45, 2.75) is 25.7 Å². The molecule has 1 N–H and O–H groups in total. The Morgan fingerprint density at radius 1 is 0.964 bits per heavy atom. The third kappa shape index (κ3) is 4.24. The van der Waals surface area contributed by atoms with E-state index in [0.717, 1.165) is 32.4 Å². The number of hydrogen-bond donors (Lipinski definition) is 1. The highest BCUT2D eigenvalue weighted by molar-refractivity contribution is 5.99. The molecule has 0 spiro atoms. The summed E-state index contributed by atoms with van der Waals surface area (Å²) in [7, 11) is 0. The van der Waals surface area contributed by atoms with Gasteiger partial charge < -0.3 is 10.2 Å². The number of carbonyl (C=O) groups excluding carboxylic acids is 2. The van der Waals surface area contributed by atoms with E-state index in [1.165, 1.54) is 17.7 Å². The molecule has 2 aromatic carbocycles. The van der Waals surface area contributed by atoms with Crippen molar-refractivity contribution in [1.29, 1.82) is 0 Å². The first kappa shape index (κ1) is 18.7. The summed E-state index contributed by atoms with van der Waals surface area (Å²) < 4.78 is 13.7. The summed E-state index contributed by atoms with van der Waals surface area (Å²) in [5.41, 5.74) is 1.52. The van der Waals surface area contributed by atoms with Crippen LogP contribution in [0.2, 0.25) is 0 Å². The number of para-hydroxylation sites is 1. The van der Waals surface area contributed by atoms with Crippen LogP contribution in [0.1, 0.15) is 24.8 Å². The second kappa shape index (κ2) is 8.13. The van der Waals surface area contributed by atoms with Gasteiger partial charge in [-0.05, 0) is 49.3 Å². The number of anilines is 1. The lowest BCUT2D eigenvalue weighted by atomic mass is 9.90. The van der Waals surface area contributed by atoms with Gasteiger partial charge in [-0.3, -0.25) is 9.59 Å². The quantitative estimate of drug-likeness (QED) is 0.856. The third-order valence-corrected chi connectivity index (χ3v) is 5.87. The Morgan fingerprint density at radius 3 is 2.36 bits per heavy atom. The van der Waals surface area contributed by atoms with Crippen molar-refractivity contribution in [2.75, 3.05) is 18.4 Å². The zero-order valence-corrected chi connectivity index (χ0v) is 15.8. The maximum absolute atomic E-state index is 13.7. The van der Waals surface area contributed by atoms with Crippen LogP contribution in [0.5, 0.6) is 0 Å². The number of rotatable bonds is 5. The largest absolute Gasteiger partial charge is 0.342 e. The summed E-state index contributed by atoms with van der Waals surface area (Å²) >= 11 is 0. The molecule has 0 bridgehead atoms. The van der Waals surface area contributed by atoms with Crippen molar-refractivity contribution in [3.63, 3.8) is 0 Å². The molecule has 1 aliphatic heterocycles. The number of likely N-dealkylation sites (tertiary alicyclic amines) is 1. The Hall–Kier alpha value is -2.69. The topological polar surface area (TPSA) is 49.4 Å². The highest BCUT2D eigenvalue weighted by Crippen LogP contribution is 2.41. The number of carbonyl (C=O) groups is 2. The predicted octanol–water partition coefficient (Wildman–Crippen LogP) is 3.88. The van der Waals surface area contributed by atoms with Gasteiger partial charge in [-0.25, -0.2) is 4.39 Å². The molecule has 5 heteroatoms. The summed E-state index contributed by atoms with van der Waals surface area (Å²) in [6.07, 6.45) is 3.61. The number of amides is 2. The standard InChI is InChI=1S/C23H25FN2O2/c24-20-8-4-5-9-21(20)25-22(27)18-15-19(18)23(28)26-12-10-17(11-13-26)14-16-6-2-1-3-7-16/h1-9,17-19H,10-15H2,(H,25,27). The van der Waals surface area contributed by atoms with Gasteiger partial charge in [0.2, 0.25) is 11.8 Å². The maximum atomic E-state index is 13.7. The molecule has 0 aromatic heterocycles. The summed E-state index contributed by atoms with van der Waals surface area (Å²) in [6.45, 7) is 1.52. The molecule has 1 aliphatic carbocycles. The fourth-order valence-corrected chi connectivity index (χ4v) is 4.09. The highest BCUT2D eigenvalue weighted by atomic mass is 19.1. The van der Waals surface area contributed by atoms with Crippen molar-refractivity contribution < 1.29 is 14.0 Å². The molecule has 4 nitrogen and oxygen atoms in total. The number of piperidine rings is 1. The van der Waals surface area contributed by atoms with Gasteiger partial charge in [0.1, 0.15) is 5.82 Å². The molecule has 28 heavy (non-hydrogen) atoms. The van der Waals surface area contributed by atoms with E-state index < -0.39 is 5.82 Å². The molecule has 2 amide bonds. The van der Waals surface area contributed by atoms with E-state index in [9.17, 15) is 14.0 Å². The van der Waals surface area contributed by atoms with Gasteiger partial charge in [0, 0.05) is 13.1 Å². The van der Waals surface area contributed by atoms with Crippen LogP contribution in [0, 0.1) is 23.6 Å². The molecule has 146 valence electrons. The van der Waals surface area contributed by atoms with Crippen LogP contribution in [0.4, 0.5) is 10.1 Å². The van der Waals surface area contributed by atoms with Crippen LogP contribution in [-0.4, -0.2) is 29.8 Å². The Kier molecular flexibility index (Phi) is 5.42. The number of halogens is 1. The second-order valence-electron chi connectivity index (χ2n) is 7.88. The lowest BCUT2D eigenvalue weighted by molar-refractivity contribution is -0.135. The lowest BCUT2D eigenvalue weighted by Crippen LogP contribution is -2.40. The summed E-state index contributed by atoms with van der Waals surface area (Å²) in [5, 5.41) is 2.61. The first-order chi connectivity index (χ1) is 13.6. The van der Waals surface area contributed by atoms with E-state index in [0.29, 0.717) is 12.3 Å². The normalized spacial score (nSPS) is 22.0. The SMILES string of the molecule is O=C(Nc1ccccc1F)C1CC1C(=O)N1CCC(Cc2ccccc2)CC1. The van der Waals surface area contributed by atoms with Gasteiger partial charge in [0.25, 0.3) is 0 Å². The summed E-state index contributed by atoms with van der Waals surface area (Å²) in [6, 6.07) is 16.6. The van der Waals surface area contributed by atoms with E-state index in [4.69, 9.17) is 0 Å². The van der Waals surface area contributed by atoms with Crippen LogP contribution in [-0.2, 0) is 16.0 Å². The Morgan fingerprint density at radius 2 is 1.64 bits per heavy atom. The molecular weight excluding hydrogens is 355 g/mol. The van der Waals surface area contributed by atoms with Crippen molar-refractivity contribution in [3.05, 3.63) is 66.0 Å². The molecule has 1 saturated carbocycles. The Balaban J connectivity index is 1.25. The third-order valence-electron chi connectivity index (χ3n) is 5.87. The van der Waals surface area contributed by atoms with Gasteiger partial charge in [0.15, 0.2) is 0 Å². The molecule has 4 rings (SSSR count). The molecule has 0 radical (unpaired) electrons. The second-order valence-corrected chi connectivity index (χ2v) is 7.88. The predicted molar refractivity (Wildman–Crippen MR) is 106 cm³/mol. The highest BCUT2D eigenvalue weighted by Gasteiger charge is 2.49. The van der Waals surface area contributed by atoms with Crippen molar-refractivity contribution in [3.8, 4) is 0 Å². The zero-order valence-electron chi connectivity index (χ0n) is 15.8. The minimum Gasteiger partial charge on any atom is -0.342 e. The fourth-order valence-electron chi connectivity index (χ4n) is 4.09. The first-order valence-electron chi connectivity index (χ1n) is 10.00. The minimum absolute atomic E-state index is 0.0758. The molecular formula is C23H25FN2O2. The van der Waals surface area contributed by atoms with Crippen LogP contribution < -0.4 is 5.32 Å². The zero-order chi connectivity index (χ0) is 19.5. The van der Waals surface area contributed by atoms with Gasteiger partial charge in [-0.15, -0.1) is 0 Å². The molecule has 2 aromatic rings. The van der Waals surface area contributed by atoms with E-state index in [2.05, 4.69) is 29.6 Å². The van der Waals surface area contributed by atoms with E-state index in [-0.39, 0.29) is 29.3 Å². The van der Waals surface area contributed by atoms with Gasteiger partial charge in [-0.2, -0.15) is 0 Å². The lowest BCUT2D eigenvalue weighted by Gasteiger charge is -2.32. The smallest absolute Gasteiger partial charge is 0.228 e. The average Bonchev–Trinajstić information content (AvgIpc) is 3.52. The molecule has 1 heterocycles. The van der Waals surface area contributed by atoms with Gasteiger partial charge >= 0.3 is 0 Å².